The zero-order valence-electron chi connectivity index (χ0n) is 13.8. The molecule has 0 saturated carbocycles. The summed E-state index contributed by atoms with van der Waals surface area (Å²) < 4.78 is 4.99. The summed E-state index contributed by atoms with van der Waals surface area (Å²) in [4.78, 5) is 14.3. The number of carbonyl (C=O) groups excluding carboxylic acids is 1. The fraction of sp³-hybridized carbons (Fsp3) is 0.263. The Hall–Kier alpha value is -3.20. The topological polar surface area (TPSA) is 79.2 Å². The fourth-order valence-electron chi connectivity index (χ4n) is 3.13. The van der Waals surface area contributed by atoms with E-state index in [1.165, 1.54) is 13.3 Å². The van der Waals surface area contributed by atoms with Crippen molar-refractivity contribution in [3.8, 4) is 12.3 Å². The summed E-state index contributed by atoms with van der Waals surface area (Å²) >= 11 is 0. The van der Waals surface area contributed by atoms with E-state index in [0.29, 0.717) is 24.6 Å². The minimum absolute atomic E-state index is 0.0126. The molecule has 0 radical (unpaired) electrons. The van der Waals surface area contributed by atoms with Crippen LogP contribution in [0.2, 0.25) is 0 Å². The van der Waals surface area contributed by atoms with Gasteiger partial charge in [0.2, 0.25) is 0 Å². The number of ether oxygens (including phenoxy) is 1. The zero-order valence-corrected chi connectivity index (χ0v) is 13.8. The van der Waals surface area contributed by atoms with Crippen molar-refractivity contribution in [1.29, 1.82) is 5.41 Å². The van der Waals surface area contributed by atoms with E-state index in [9.17, 15) is 4.79 Å². The number of nitrogens with one attached hydrogen (secondary N) is 1. The standard InChI is InChI=1S/C19H18N4O2/c1-3-15-8-9-18(22-21-15)23-11-16(17(12-23)19(24)25-2)14-6-4-13(10-20)5-7-14/h1,4-10,16-17,20H,11-12H2,2H3/t16-,17+/m0/s1. The van der Waals surface area contributed by atoms with Crippen molar-refractivity contribution in [2.75, 3.05) is 25.1 Å². The number of methoxy groups -OCH3 is 1. The van der Waals surface area contributed by atoms with Crippen LogP contribution in [-0.2, 0) is 9.53 Å². The Balaban J connectivity index is 1.88. The second kappa shape index (κ2) is 7.14. The molecule has 0 unspecified atom stereocenters. The molecule has 6 nitrogen and oxygen atoms in total. The number of aromatic nitrogens is 2. The Morgan fingerprint density at radius 1 is 1.28 bits per heavy atom. The molecule has 0 aliphatic carbocycles. The zero-order chi connectivity index (χ0) is 17.8. The first-order chi connectivity index (χ1) is 12.2. The van der Waals surface area contributed by atoms with Gasteiger partial charge in [-0.15, -0.1) is 16.6 Å². The van der Waals surface area contributed by atoms with E-state index in [2.05, 4.69) is 16.1 Å². The van der Waals surface area contributed by atoms with Crippen LogP contribution >= 0.6 is 0 Å². The summed E-state index contributed by atoms with van der Waals surface area (Å²) in [5.41, 5.74) is 2.34. The molecule has 1 aromatic heterocycles. The molecule has 2 atom stereocenters. The summed E-state index contributed by atoms with van der Waals surface area (Å²) in [7, 11) is 1.40. The molecule has 6 heteroatoms. The minimum Gasteiger partial charge on any atom is -0.469 e. The summed E-state index contributed by atoms with van der Waals surface area (Å²) in [6.45, 7) is 1.14. The van der Waals surface area contributed by atoms with Crippen LogP contribution in [0, 0.1) is 23.7 Å². The number of terminal acetylenes is 1. The van der Waals surface area contributed by atoms with Gasteiger partial charge in [-0.05, 0) is 29.2 Å². The minimum atomic E-state index is -0.287. The fourth-order valence-corrected chi connectivity index (χ4v) is 3.13. The lowest BCUT2D eigenvalue weighted by Crippen LogP contribution is -2.25. The molecule has 1 fully saturated rings. The van der Waals surface area contributed by atoms with Crippen molar-refractivity contribution in [3.63, 3.8) is 0 Å². The van der Waals surface area contributed by atoms with Gasteiger partial charge in [-0.1, -0.05) is 24.3 Å². The van der Waals surface area contributed by atoms with Crippen LogP contribution in [0.25, 0.3) is 0 Å². The molecular weight excluding hydrogens is 316 g/mol. The third-order valence-corrected chi connectivity index (χ3v) is 4.48. The summed E-state index contributed by atoms with van der Waals surface area (Å²) in [5, 5.41) is 15.4. The Morgan fingerprint density at radius 2 is 2.04 bits per heavy atom. The highest BCUT2D eigenvalue weighted by molar-refractivity contribution is 5.78. The monoisotopic (exact) mass is 334 g/mol. The molecule has 25 heavy (non-hydrogen) atoms. The molecule has 2 heterocycles. The van der Waals surface area contributed by atoms with Crippen molar-refractivity contribution in [1.82, 2.24) is 10.2 Å². The number of benzene rings is 1. The maximum absolute atomic E-state index is 12.3. The van der Waals surface area contributed by atoms with E-state index in [-0.39, 0.29) is 17.8 Å². The number of anilines is 1. The molecule has 1 N–H and O–H groups in total. The van der Waals surface area contributed by atoms with E-state index >= 15 is 0 Å². The largest absolute Gasteiger partial charge is 0.469 e. The molecule has 1 aliphatic heterocycles. The third-order valence-electron chi connectivity index (χ3n) is 4.48. The van der Waals surface area contributed by atoms with Crippen LogP contribution in [0.3, 0.4) is 0 Å². The summed E-state index contributed by atoms with van der Waals surface area (Å²) in [6.07, 6.45) is 6.61. The molecular formula is C19H18N4O2. The van der Waals surface area contributed by atoms with Crippen molar-refractivity contribution < 1.29 is 9.53 Å². The van der Waals surface area contributed by atoms with Crippen molar-refractivity contribution >= 4 is 18.0 Å². The molecule has 0 amide bonds. The molecule has 2 aromatic rings. The number of hydrogen-bond acceptors (Lipinski definition) is 6. The van der Waals surface area contributed by atoms with E-state index < -0.39 is 0 Å². The van der Waals surface area contributed by atoms with Gasteiger partial charge >= 0.3 is 5.97 Å². The van der Waals surface area contributed by atoms with Gasteiger partial charge in [-0.25, -0.2) is 0 Å². The van der Waals surface area contributed by atoms with Gasteiger partial charge in [-0.3, -0.25) is 4.79 Å². The predicted molar refractivity (Wildman–Crippen MR) is 94.8 cm³/mol. The Bertz CT molecular complexity index is 809. The van der Waals surface area contributed by atoms with E-state index in [1.54, 1.807) is 6.07 Å². The smallest absolute Gasteiger partial charge is 0.311 e. The quantitative estimate of drug-likeness (QED) is 0.524. The average Bonchev–Trinajstić information content (AvgIpc) is 3.13. The number of rotatable bonds is 4. The van der Waals surface area contributed by atoms with Gasteiger partial charge in [0.1, 0.15) is 5.69 Å². The van der Waals surface area contributed by atoms with Crippen LogP contribution in [-0.4, -0.2) is 42.6 Å². The molecule has 1 aromatic carbocycles. The first-order valence-corrected chi connectivity index (χ1v) is 7.90. The number of esters is 1. The molecule has 126 valence electrons. The lowest BCUT2D eigenvalue weighted by atomic mass is 9.88. The van der Waals surface area contributed by atoms with E-state index in [4.69, 9.17) is 16.6 Å². The number of hydrogen-bond donors (Lipinski definition) is 1. The summed E-state index contributed by atoms with van der Waals surface area (Å²) in [5.74, 6) is 2.59. The highest BCUT2D eigenvalue weighted by Gasteiger charge is 2.39. The highest BCUT2D eigenvalue weighted by Crippen LogP contribution is 2.35. The van der Waals surface area contributed by atoms with Crippen molar-refractivity contribution in [2.24, 2.45) is 5.92 Å². The maximum Gasteiger partial charge on any atom is 0.311 e. The molecule has 1 aliphatic rings. The molecule has 3 rings (SSSR count). The van der Waals surface area contributed by atoms with Crippen molar-refractivity contribution in [3.05, 3.63) is 53.2 Å². The molecule has 0 bridgehead atoms. The lowest BCUT2D eigenvalue weighted by molar-refractivity contribution is -0.145. The van der Waals surface area contributed by atoms with E-state index in [1.807, 2.05) is 35.2 Å². The van der Waals surface area contributed by atoms with Crippen LogP contribution in [0.5, 0.6) is 0 Å². The average molecular weight is 334 g/mol. The molecule has 1 saturated heterocycles. The SMILES string of the molecule is C#Cc1ccc(N2C[C@@H](C(=O)OC)[C@H](c3ccc(C=N)cc3)C2)nn1. The second-order valence-corrected chi connectivity index (χ2v) is 5.87. The van der Waals surface area contributed by atoms with Crippen LogP contribution in [0.4, 0.5) is 5.82 Å². The van der Waals surface area contributed by atoms with Gasteiger partial charge in [0.05, 0.1) is 13.0 Å². The first-order valence-electron chi connectivity index (χ1n) is 7.90. The van der Waals surface area contributed by atoms with Gasteiger partial charge in [-0.2, -0.15) is 0 Å². The van der Waals surface area contributed by atoms with Gasteiger partial charge in [0.15, 0.2) is 5.82 Å². The molecule has 0 spiro atoms. The Morgan fingerprint density at radius 3 is 2.60 bits per heavy atom. The maximum atomic E-state index is 12.3. The lowest BCUT2D eigenvalue weighted by Gasteiger charge is -2.17. The number of nitrogens with zero attached hydrogens (tertiary/aromatic N) is 3. The van der Waals surface area contributed by atoms with Gasteiger partial charge in [0, 0.05) is 25.2 Å². The van der Waals surface area contributed by atoms with Crippen LogP contribution in [0.1, 0.15) is 22.7 Å². The van der Waals surface area contributed by atoms with Crippen LogP contribution < -0.4 is 4.90 Å². The van der Waals surface area contributed by atoms with Gasteiger partial charge in [0.25, 0.3) is 0 Å². The van der Waals surface area contributed by atoms with Crippen molar-refractivity contribution in [2.45, 2.75) is 5.92 Å². The van der Waals surface area contributed by atoms with Gasteiger partial charge < -0.3 is 15.0 Å². The number of carbonyl (C=O) groups is 1. The normalized spacial score (nSPS) is 19.3. The summed E-state index contributed by atoms with van der Waals surface area (Å²) in [6, 6.07) is 11.2. The predicted octanol–water partition coefficient (Wildman–Crippen LogP) is 1.85. The third kappa shape index (κ3) is 3.36. The van der Waals surface area contributed by atoms with Crippen LogP contribution in [0.15, 0.2) is 36.4 Å². The Labute approximate surface area is 146 Å². The van der Waals surface area contributed by atoms with E-state index in [0.717, 1.165) is 11.1 Å². The second-order valence-electron chi connectivity index (χ2n) is 5.87. The Kier molecular flexibility index (Phi) is 4.75. The first kappa shape index (κ1) is 16.7. The highest BCUT2D eigenvalue weighted by atomic mass is 16.5.